The number of ether oxygens (including phenoxy) is 3. The highest BCUT2D eigenvalue weighted by molar-refractivity contribution is 6.37. The number of hydrogen-bond donors (Lipinski definition) is 0. The van der Waals surface area contributed by atoms with E-state index in [1.165, 1.54) is 7.11 Å². The summed E-state index contributed by atoms with van der Waals surface area (Å²) in [5.74, 6) is -1.98. The lowest BCUT2D eigenvalue weighted by Gasteiger charge is -2.17. The molecule has 8 heteroatoms. The lowest BCUT2D eigenvalue weighted by molar-refractivity contribution is -0.736. The lowest BCUT2D eigenvalue weighted by atomic mass is 9.89. The van der Waals surface area contributed by atoms with E-state index in [2.05, 4.69) is 0 Å². The second-order valence-electron chi connectivity index (χ2n) is 6.23. The third-order valence-electron chi connectivity index (χ3n) is 4.42. The molecule has 3 rings (SSSR count). The van der Waals surface area contributed by atoms with E-state index >= 15 is 0 Å². The van der Waals surface area contributed by atoms with Crippen molar-refractivity contribution < 1.29 is 33.5 Å². The zero-order valence-electron chi connectivity index (χ0n) is 16.1. The second kappa shape index (κ2) is 9.09. The highest BCUT2D eigenvalue weighted by atomic mass is 16.9. The molecule has 0 amide bonds. The molecule has 0 N–H and O–H groups in total. The summed E-state index contributed by atoms with van der Waals surface area (Å²) in [6.45, 7) is 1.74. The van der Waals surface area contributed by atoms with Crippen LogP contribution in [0, 0.1) is 5.21 Å². The summed E-state index contributed by atoms with van der Waals surface area (Å²) in [6, 6.07) is 15.7. The van der Waals surface area contributed by atoms with E-state index in [0.717, 1.165) is 5.56 Å². The van der Waals surface area contributed by atoms with Gasteiger partial charge in [0.05, 0.1) is 18.6 Å². The summed E-state index contributed by atoms with van der Waals surface area (Å²) in [5, 5.41) is 12.4. The highest BCUT2D eigenvalue weighted by Crippen LogP contribution is 2.31. The van der Waals surface area contributed by atoms with Crippen LogP contribution in [0.4, 0.5) is 0 Å². The summed E-state index contributed by atoms with van der Waals surface area (Å²) >= 11 is 0. The quantitative estimate of drug-likeness (QED) is 0.521. The Balaban J connectivity index is 1.87. The molecule has 29 heavy (non-hydrogen) atoms. The van der Waals surface area contributed by atoms with Crippen LogP contribution in [0.3, 0.4) is 0 Å². The molecule has 0 saturated carbocycles. The number of rotatable bonds is 7. The van der Waals surface area contributed by atoms with Crippen molar-refractivity contribution in [3.8, 4) is 5.75 Å². The first kappa shape index (κ1) is 20.2. The third kappa shape index (κ3) is 4.48. The normalized spacial score (nSPS) is 18.1. The predicted octanol–water partition coefficient (Wildman–Crippen LogP) is 2.35. The molecule has 0 unspecified atom stereocenters. The van der Waals surface area contributed by atoms with Crippen molar-refractivity contribution >= 4 is 17.7 Å². The molecule has 0 aliphatic carbocycles. The van der Waals surface area contributed by atoms with Crippen molar-refractivity contribution in [2.24, 2.45) is 0 Å². The Labute approximate surface area is 167 Å². The fourth-order valence-corrected chi connectivity index (χ4v) is 3.02. The van der Waals surface area contributed by atoms with Gasteiger partial charge in [0.15, 0.2) is 6.10 Å². The zero-order chi connectivity index (χ0) is 20.8. The van der Waals surface area contributed by atoms with Crippen LogP contribution in [-0.2, 0) is 30.5 Å². The average molecular weight is 399 g/mol. The number of carbonyl (C=O) groups is 2. The topological polar surface area (TPSA) is 97.1 Å². The molecule has 0 aromatic heterocycles. The Kier molecular flexibility index (Phi) is 6.33. The minimum Gasteiger partial charge on any atom is -0.497 e. The SMILES string of the molecule is CCOC(=O)[C@@H]1O[N+]([O-])=C(C(=O)OCc2ccccc2)[C@H]1c1ccc(OC)cc1. The molecule has 152 valence electrons. The average Bonchev–Trinajstić information content (AvgIpc) is 3.10. The molecule has 2 aromatic rings. The number of nitrogens with zero attached hydrogens (tertiary/aromatic N) is 1. The molecular weight excluding hydrogens is 378 g/mol. The molecule has 0 spiro atoms. The number of esters is 2. The van der Waals surface area contributed by atoms with Crippen LogP contribution in [0.5, 0.6) is 5.75 Å². The molecular formula is C21H21NO7. The number of methoxy groups -OCH3 is 1. The maximum absolute atomic E-state index is 12.7. The monoisotopic (exact) mass is 399 g/mol. The first-order valence-corrected chi connectivity index (χ1v) is 9.07. The molecule has 8 nitrogen and oxygen atoms in total. The van der Waals surface area contributed by atoms with E-state index in [1.54, 1.807) is 43.3 Å². The Morgan fingerprint density at radius 3 is 2.38 bits per heavy atom. The van der Waals surface area contributed by atoms with E-state index in [-0.39, 0.29) is 23.8 Å². The minimum atomic E-state index is -1.29. The Bertz CT molecular complexity index is 893. The van der Waals surface area contributed by atoms with E-state index in [9.17, 15) is 14.8 Å². The van der Waals surface area contributed by atoms with Gasteiger partial charge >= 0.3 is 17.7 Å². The van der Waals surface area contributed by atoms with Gasteiger partial charge in [0.2, 0.25) is 0 Å². The maximum atomic E-state index is 12.7. The molecule has 2 aromatic carbocycles. The first-order chi connectivity index (χ1) is 14.0. The van der Waals surface area contributed by atoms with Gasteiger partial charge < -0.3 is 19.0 Å². The van der Waals surface area contributed by atoms with Gasteiger partial charge in [0, 0.05) is 0 Å². The molecule has 2 atom stereocenters. The van der Waals surface area contributed by atoms with E-state index in [0.29, 0.717) is 11.3 Å². The van der Waals surface area contributed by atoms with Gasteiger partial charge in [-0.15, -0.1) is 0 Å². The smallest absolute Gasteiger partial charge is 0.406 e. The van der Waals surface area contributed by atoms with Gasteiger partial charge in [-0.2, -0.15) is 0 Å². The summed E-state index contributed by atoms with van der Waals surface area (Å²) in [6.07, 6.45) is -1.29. The molecule has 1 aliphatic heterocycles. The van der Waals surface area contributed by atoms with Crippen molar-refractivity contribution in [2.45, 2.75) is 25.6 Å². The largest absolute Gasteiger partial charge is 0.497 e. The molecule has 0 saturated heterocycles. The number of hydrogen-bond acceptors (Lipinski definition) is 7. The first-order valence-electron chi connectivity index (χ1n) is 9.07. The highest BCUT2D eigenvalue weighted by Gasteiger charge is 2.50. The van der Waals surface area contributed by atoms with Crippen LogP contribution in [0.2, 0.25) is 0 Å². The third-order valence-corrected chi connectivity index (χ3v) is 4.42. The molecule has 0 fully saturated rings. The van der Waals surface area contributed by atoms with Crippen molar-refractivity contribution in [3.63, 3.8) is 0 Å². The molecule has 1 aliphatic rings. The summed E-state index contributed by atoms with van der Waals surface area (Å²) in [7, 11) is 1.52. The van der Waals surface area contributed by atoms with Crippen molar-refractivity contribution in [3.05, 3.63) is 70.9 Å². The number of benzene rings is 2. The fourth-order valence-electron chi connectivity index (χ4n) is 3.02. The second-order valence-corrected chi connectivity index (χ2v) is 6.23. The van der Waals surface area contributed by atoms with Crippen LogP contribution in [0.15, 0.2) is 54.6 Å². The van der Waals surface area contributed by atoms with E-state index in [1.807, 2.05) is 18.2 Å². The van der Waals surface area contributed by atoms with Gasteiger partial charge in [0.1, 0.15) is 18.3 Å². The molecule has 0 radical (unpaired) electrons. The summed E-state index contributed by atoms with van der Waals surface area (Å²) in [5.41, 5.74) is 0.971. The van der Waals surface area contributed by atoms with Gasteiger partial charge in [-0.3, -0.25) is 10.0 Å². The fraction of sp³-hybridized carbons (Fsp3) is 0.286. The summed E-state index contributed by atoms with van der Waals surface area (Å²) in [4.78, 5) is 30.2. The maximum Gasteiger partial charge on any atom is 0.406 e. The van der Waals surface area contributed by atoms with Crippen molar-refractivity contribution in [1.82, 2.24) is 0 Å². The van der Waals surface area contributed by atoms with Gasteiger partial charge in [-0.25, -0.2) is 4.79 Å². The minimum absolute atomic E-state index is 0.0174. The van der Waals surface area contributed by atoms with Crippen LogP contribution in [-0.4, -0.2) is 42.4 Å². The van der Waals surface area contributed by atoms with Crippen LogP contribution in [0.25, 0.3) is 0 Å². The predicted molar refractivity (Wildman–Crippen MR) is 102 cm³/mol. The molecule has 1 heterocycles. The Morgan fingerprint density at radius 1 is 1.07 bits per heavy atom. The van der Waals surface area contributed by atoms with Crippen molar-refractivity contribution in [2.75, 3.05) is 13.7 Å². The Morgan fingerprint density at radius 2 is 1.76 bits per heavy atom. The number of carbonyl (C=O) groups excluding carboxylic acids is 2. The van der Waals surface area contributed by atoms with Gasteiger partial charge in [0.25, 0.3) is 0 Å². The van der Waals surface area contributed by atoms with Crippen LogP contribution >= 0.6 is 0 Å². The van der Waals surface area contributed by atoms with Gasteiger partial charge in [-0.1, -0.05) is 42.5 Å². The van der Waals surface area contributed by atoms with Crippen molar-refractivity contribution in [1.29, 1.82) is 0 Å². The standard InChI is InChI=1S/C21H21NO7/c1-3-27-21(24)19-17(15-9-11-16(26-2)12-10-15)18(22(25)29-19)20(23)28-13-14-7-5-4-6-8-14/h4-12,17,19H,3,13H2,1-2H3/t17-,19-/m1/s1. The Hall–Kier alpha value is -3.55. The van der Waals surface area contributed by atoms with E-state index < -0.39 is 24.0 Å². The van der Waals surface area contributed by atoms with Crippen LogP contribution < -0.4 is 4.74 Å². The van der Waals surface area contributed by atoms with E-state index in [4.69, 9.17) is 19.0 Å². The lowest BCUT2D eigenvalue weighted by Crippen LogP contribution is -2.34. The zero-order valence-corrected chi connectivity index (χ0v) is 16.1. The summed E-state index contributed by atoms with van der Waals surface area (Å²) < 4.78 is 15.4. The molecule has 0 bridgehead atoms. The van der Waals surface area contributed by atoms with Gasteiger partial charge in [-0.05, 0) is 30.2 Å². The van der Waals surface area contributed by atoms with Crippen LogP contribution in [0.1, 0.15) is 24.0 Å².